The zero-order valence-corrected chi connectivity index (χ0v) is 19.9. The number of thiocarbonyl (C=S) groups is 1. The number of benzene rings is 1. The lowest BCUT2D eigenvalue weighted by Gasteiger charge is -2.29. The molecule has 4 aromatic rings. The van der Waals surface area contributed by atoms with Crippen molar-refractivity contribution in [3.8, 4) is 0 Å². The van der Waals surface area contributed by atoms with Gasteiger partial charge in [-0.1, -0.05) is 6.07 Å². The lowest BCUT2D eigenvalue weighted by molar-refractivity contribution is -0.119. The minimum atomic E-state index is -0.206. The first-order valence-electron chi connectivity index (χ1n) is 11.2. The second-order valence-corrected chi connectivity index (χ2v) is 8.55. The molecule has 0 saturated carbocycles. The van der Waals surface area contributed by atoms with Crippen LogP contribution < -0.4 is 15.5 Å². The number of nitrogens with zero attached hydrogens (tertiary/aromatic N) is 3. The maximum atomic E-state index is 11.9. The number of amides is 1. The fourth-order valence-electron chi connectivity index (χ4n) is 4.38. The molecule has 0 bridgehead atoms. The summed E-state index contributed by atoms with van der Waals surface area (Å²) < 4.78 is 12.7. The van der Waals surface area contributed by atoms with E-state index < -0.39 is 0 Å². The normalized spacial score (nSPS) is 17.4. The standard InChI is InChI=1S/C26H25N5O3S/c1-33-17-23(32)28-18-9-11-19(12-10-18)31-25(24(29-26(31)35)21-7-2-3-13-27-21)22-8-4-14-30(22)16-20-6-5-15-34-20/h2-15,24-25H,16-17H2,1H3,(H,28,32)(H,29,35)/t24-,25-/m0/s1. The van der Waals surface area contributed by atoms with Crippen LogP contribution in [-0.2, 0) is 16.1 Å². The van der Waals surface area contributed by atoms with Gasteiger partial charge in [0.1, 0.15) is 18.4 Å². The lowest BCUT2D eigenvalue weighted by atomic mass is 10.0. The van der Waals surface area contributed by atoms with Gasteiger partial charge in [0.25, 0.3) is 0 Å². The Morgan fingerprint density at radius 1 is 1.14 bits per heavy atom. The number of anilines is 2. The maximum absolute atomic E-state index is 11.9. The third kappa shape index (κ3) is 4.82. The molecule has 1 saturated heterocycles. The molecule has 8 nitrogen and oxygen atoms in total. The molecule has 0 radical (unpaired) electrons. The topological polar surface area (TPSA) is 84.6 Å². The van der Waals surface area contributed by atoms with E-state index in [0.29, 0.717) is 17.3 Å². The molecule has 1 aliphatic heterocycles. The van der Waals surface area contributed by atoms with Crippen LogP contribution >= 0.6 is 12.2 Å². The van der Waals surface area contributed by atoms with Crippen LogP contribution in [0.5, 0.6) is 0 Å². The van der Waals surface area contributed by atoms with Gasteiger partial charge in [-0.2, -0.15) is 0 Å². The Labute approximate surface area is 208 Å². The Kier molecular flexibility index (Phi) is 6.60. The molecule has 1 aromatic carbocycles. The van der Waals surface area contributed by atoms with E-state index in [-0.39, 0.29) is 24.6 Å². The Balaban J connectivity index is 1.51. The summed E-state index contributed by atoms with van der Waals surface area (Å²) in [6.45, 7) is 0.605. The zero-order chi connectivity index (χ0) is 24.2. The summed E-state index contributed by atoms with van der Waals surface area (Å²) in [6, 6.07) is 21.2. The molecule has 9 heteroatoms. The molecule has 5 rings (SSSR count). The monoisotopic (exact) mass is 487 g/mol. The number of ether oxygens (including phenoxy) is 1. The van der Waals surface area contributed by atoms with Crippen molar-refractivity contribution in [2.24, 2.45) is 0 Å². The molecule has 0 unspecified atom stereocenters. The number of rotatable bonds is 8. The molecule has 0 aliphatic carbocycles. The summed E-state index contributed by atoms with van der Waals surface area (Å²) in [6.07, 6.45) is 5.52. The number of aromatic nitrogens is 2. The van der Waals surface area contributed by atoms with Gasteiger partial charge in [0, 0.05) is 36.6 Å². The van der Waals surface area contributed by atoms with Gasteiger partial charge >= 0.3 is 0 Å². The fraction of sp³-hybridized carbons (Fsp3) is 0.192. The lowest BCUT2D eigenvalue weighted by Crippen LogP contribution is -2.30. The molecular weight excluding hydrogens is 462 g/mol. The number of furan rings is 1. The Bertz CT molecular complexity index is 1290. The highest BCUT2D eigenvalue weighted by Gasteiger charge is 2.42. The van der Waals surface area contributed by atoms with Crippen molar-refractivity contribution in [2.75, 3.05) is 23.9 Å². The fourth-order valence-corrected chi connectivity index (χ4v) is 4.72. The SMILES string of the molecule is COCC(=O)Nc1ccc(N2C(=S)N[C@@H](c3ccccn3)[C@@H]2c2cccn2Cc2ccco2)cc1. The highest BCUT2D eigenvalue weighted by Crippen LogP contribution is 2.42. The number of carbonyl (C=O) groups is 1. The minimum absolute atomic E-state index is 0.00235. The number of pyridine rings is 1. The van der Waals surface area contributed by atoms with Gasteiger partial charge in [-0.15, -0.1) is 0 Å². The van der Waals surface area contributed by atoms with E-state index in [1.807, 2.05) is 66.9 Å². The van der Waals surface area contributed by atoms with Gasteiger partial charge in [-0.3, -0.25) is 9.78 Å². The molecule has 1 aliphatic rings. The van der Waals surface area contributed by atoms with Crippen molar-refractivity contribution >= 4 is 34.6 Å². The average molecular weight is 488 g/mol. The van der Waals surface area contributed by atoms with E-state index in [4.69, 9.17) is 21.4 Å². The number of carbonyl (C=O) groups excluding carboxylic acids is 1. The van der Waals surface area contributed by atoms with Gasteiger partial charge in [0.15, 0.2) is 5.11 Å². The predicted molar refractivity (Wildman–Crippen MR) is 137 cm³/mol. The van der Waals surface area contributed by atoms with Gasteiger partial charge < -0.3 is 29.3 Å². The average Bonchev–Trinajstić information content (AvgIpc) is 3.61. The van der Waals surface area contributed by atoms with Crippen LogP contribution in [0.1, 0.15) is 29.2 Å². The first-order valence-corrected chi connectivity index (χ1v) is 11.6. The van der Waals surface area contributed by atoms with Crippen LogP contribution in [0, 0.1) is 0 Å². The van der Waals surface area contributed by atoms with E-state index in [1.54, 1.807) is 12.5 Å². The molecule has 2 atom stereocenters. The van der Waals surface area contributed by atoms with Crippen LogP contribution in [0.2, 0.25) is 0 Å². The molecule has 1 fully saturated rings. The Morgan fingerprint density at radius 2 is 2.00 bits per heavy atom. The summed E-state index contributed by atoms with van der Waals surface area (Å²) in [5.41, 5.74) is 3.56. The Morgan fingerprint density at radius 3 is 2.71 bits per heavy atom. The summed E-state index contributed by atoms with van der Waals surface area (Å²) in [5.74, 6) is 0.663. The second kappa shape index (κ2) is 10.1. The maximum Gasteiger partial charge on any atom is 0.250 e. The van der Waals surface area contributed by atoms with Crippen molar-refractivity contribution in [3.63, 3.8) is 0 Å². The third-order valence-corrected chi connectivity index (χ3v) is 6.19. The highest BCUT2D eigenvalue weighted by molar-refractivity contribution is 7.80. The summed E-state index contributed by atoms with van der Waals surface area (Å²) >= 11 is 5.82. The van der Waals surface area contributed by atoms with Crippen molar-refractivity contribution in [1.82, 2.24) is 14.9 Å². The van der Waals surface area contributed by atoms with E-state index in [0.717, 1.165) is 22.8 Å². The first kappa shape index (κ1) is 22.8. The number of hydrogen-bond acceptors (Lipinski definition) is 5. The zero-order valence-electron chi connectivity index (χ0n) is 19.1. The molecule has 35 heavy (non-hydrogen) atoms. The molecule has 2 N–H and O–H groups in total. The quantitative estimate of drug-likeness (QED) is 0.359. The van der Waals surface area contributed by atoms with Crippen LogP contribution in [0.3, 0.4) is 0 Å². The largest absolute Gasteiger partial charge is 0.467 e. The van der Waals surface area contributed by atoms with Crippen LogP contribution in [0.15, 0.2) is 89.8 Å². The molecule has 4 heterocycles. The molecule has 178 valence electrons. The van der Waals surface area contributed by atoms with E-state index in [1.165, 1.54) is 7.11 Å². The minimum Gasteiger partial charge on any atom is -0.467 e. The van der Waals surface area contributed by atoms with Gasteiger partial charge in [0.2, 0.25) is 5.91 Å². The Hall–Kier alpha value is -3.95. The molecular formula is C26H25N5O3S. The molecule has 1 amide bonds. The number of methoxy groups -OCH3 is 1. The second-order valence-electron chi connectivity index (χ2n) is 8.16. The number of hydrogen-bond donors (Lipinski definition) is 2. The van der Waals surface area contributed by atoms with Crippen molar-refractivity contribution in [1.29, 1.82) is 0 Å². The van der Waals surface area contributed by atoms with E-state index >= 15 is 0 Å². The van der Waals surface area contributed by atoms with Crippen molar-refractivity contribution in [3.05, 3.63) is 103 Å². The van der Waals surface area contributed by atoms with Crippen LogP contribution in [0.4, 0.5) is 11.4 Å². The van der Waals surface area contributed by atoms with E-state index in [2.05, 4.69) is 31.2 Å². The summed E-state index contributed by atoms with van der Waals surface area (Å²) in [4.78, 5) is 18.6. The van der Waals surface area contributed by atoms with Crippen molar-refractivity contribution in [2.45, 2.75) is 18.6 Å². The smallest absolute Gasteiger partial charge is 0.250 e. The van der Waals surface area contributed by atoms with E-state index in [9.17, 15) is 4.79 Å². The van der Waals surface area contributed by atoms with Crippen LogP contribution in [0.25, 0.3) is 0 Å². The molecule has 3 aromatic heterocycles. The summed E-state index contributed by atoms with van der Waals surface area (Å²) in [5, 5.41) is 6.91. The van der Waals surface area contributed by atoms with Gasteiger partial charge in [-0.25, -0.2) is 0 Å². The predicted octanol–water partition coefficient (Wildman–Crippen LogP) is 4.29. The highest BCUT2D eigenvalue weighted by atomic mass is 32.1. The number of nitrogens with one attached hydrogen (secondary N) is 2. The summed E-state index contributed by atoms with van der Waals surface area (Å²) in [7, 11) is 1.49. The molecule has 0 spiro atoms. The van der Waals surface area contributed by atoms with Gasteiger partial charge in [0.05, 0.1) is 24.5 Å². The van der Waals surface area contributed by atoms with Gasteiger partial charge in [-0.05, 0) is 72.9 Å². The van der Waals surface area contributed by atoms with Crippen LogP contribution in [-0.4, -0.2) is 34.3 Å². The van der Waals surface area contributed by atoms with Crippen molar-refractivity contribution < 1.29 is 13.9 Å². The third-order valence-electron chi connectivity index (χ3n) is 5.88. The first-order chi connectivity index (χ1) is 17.1.